The maximum Gasteiger partial charge on any atom is 0.273 e. The molecule has 1 saturated carbocycles. The number of fused-ring (bicyclic) bond motifs is 1. The molecule has 0 bridgehead atoms. The number of rotatable bonds is 3. The minimum atomic E-state index is -0.176. The zero-order valence-corrected chi connectivity index (χ0v) is 15.6. The average molecular weight is 387 g/mol. The average Bonchev–Trinajstić information content (AvgIpc) is 3.49. The van der Waals surface area contributed by atoms with Crippen molar-refractivity contribution in [3.8, 4) is 28.5 Å². The van der Waals surface area contributed by atoms with E-state index in [0.717, 1.165) is 35.2 Å². The molecule has 1 aliphatic rings. The fourth-order valence-corrected chi connectivity index (χ4v) is 3.65. The van der Waals surface area contributed by atoms with Gasteiger partial charge in [-0.05, 0) is 42.7 Å². The van der Waals surface area contributed by atoms with Gasteiger partial charge in [-0.3, -0.25) is 9.89 Å². The highest BCUT2D eigenvalue weighted by Gasteiger charge is 2.30. The van der Waals surface area contributed by atoms with Crippen LogP contribution in [0.15, 0.2) is 59.4 Å². The molecule has 1 N–H and O–H groups in total. The first-order valence-electron chi connectivity index (χ1n) is 9.06. The molecule has 1 fully saturated rings. The Morgan fingerprint density at radius 2 is 1.89 bits per heavy atom. The highest BCUT2D eigenvalue weighted by atomic mass is 35.5. The smallest absolute Gasteiger partial charge is 0.273 e. The van der Waals surface area contributed by atoms with Crippen molar-refractivity contribution in [2.45, 2.75) is 18.8 Å². The number of hydrogen-bond donors (Lipinski definition) is 1. The number of hydrogen-bond acceptors (Lipinski definition) is 3. The summed E-state index contributed by atoms with van der Waals surface area (Å²) in [5.41, 5.74) is 5.20. The summed E-state index contributed by atoms with van der Waals surface area (Å²) in [5, 5.41) is 13.1. The Morgan fingerprint density at radius 3 is 2.61 bits per heavy atom. The quantitative estimate of drug-likeness (QED) is 0.551. The summed E-state index contributed by atoms with van der Waals surface area (Å²) in [6, 6.07) is 18.3. The third kappa shape index (κ3) is 2.79. The van der Waals surface area contributed by atoms with Crippen LogP contribution in [0.2, 0.25) is 5.02 Å². The summed E-state index contributed by atoms with van der Waals surface area (Å²) in [5.74, 6) is 0.414. The van der Waals surface area contributed by atoms with Gasteiger partial charge >= 0.3 is 0 Å². The van der Waals surface area contributed by atoms with E-state index in [1.54, 1.807) is 18.2 Å². The fourth-order valence-electron chi connectivity index (χ4n) is 3.52. The molecular weight excluding hydrogens is 372 g/mol. The molecule has 5 rings (SSSR count). The highest BCUT2D eigenvalue weighted by Crippen LogP contribution is 2.45. The minimum Gasteiger partial charge on any atom is -0.293 e. The molecule has 5 nitrogen and oxygen atoms in total. The molecule has 1 aliphatic carbocycles. The molecule has 2 aromatic carbocycles. The van der Waals surface area contributed by atoms with Crippen LogP contribution >= 0.6 is 11.6 Å². The number of nitriles is 1. The van der Waals surface area contributed by atoms with Gasteiger partial charge in [0.05, 0.1) is 17.3 Å². The summed E-state index contributed by atoms with van der Waals surface area (Å²) in [6.07, 6.45) is 2.19. The highest BCUT2D eigenvalue weighted by molar-refractivity contribution is 6.30. The zero-order valence-electron chi connectivity index (χ0n) is 14.8. The lowest BCUT2D eigenvalue weighted by atomic mass is 10.0. The molecule has 0 amide bonds. The van der Waals surface area contributed by atoms with Crippen LogP contribution in [-0.4, -0.2) is 14.6 Å². The van der Waals surface area contributed by atoms with Gasteiger partial charge in [0, 0.05) is 33.8 Å². The third-order valence-corrected chi connectivity index (χ3v) is 5.30. The zero-order chi connectivity index (χ0) is 19.3. The number of aromatic nitrogens is 3. The summed E-state index contributed by atoms with van der Waals surface area (Å²) in [6.45, 7) is 0. The number of aromatic amines is 1. The molecule has 4 aromatic rings. The number of nitrogens with one attached hydrogen (secondary N) is 1. The van der Waals surface area contributed by atoms with Gasteiger partial charge in [-0.1, -0.05) is 35.9 Å². The van der Waals surface area contributed by atoms with Crippen LogP contribution in [0.3, 0.4) is 0 Å². The molecule has 0 spiro atoms. The van der Waals surface area contributed by atoms with Crippen LogP contribution in [0.4, 0.5) is 0 Å². The second kappa shape index (κ2) is 6.36. The summed E-state index contributed by atoms with van der Waals surface area (Å²) in [7, 11) is 0. The Morgan fingerprint density at radius 1 is 1.11 bits per heavy atom. The lowest BCUT2D eigenvalue weighted by Crippen LogP contribution is -2.14. The molecule has 2 aromatic heterocycles. The molecule has 0 atom stereocenters. The van der Waals surface area contributed by atoms with Gasteiger partial charge in [0.2, 0.25) is 0 Å². The van der Waals surface area contributed by atoms with Crippen molar-refractivity contribution in [1.82, 2.24) is 14.6 Å². The predicted molar refractivity (Wildman–Crippen MR) is 108 cm³/mol. The van der Waals surface area contributed by atoms with Crippen molar-refractivity contribution in [2.24, 2.45) is 0 Å². The van der Waals surface area contributed by atoms with E-state index in [1.807, 2.05) is 30.3 Å². The molecular formula is C22H15ClN4O. The van der Waals surface area contributed by atoms with Crippen LogP contribution < -0.4 is 5.56 Å². The van der Waals surface area contributed by atoms with Crippen LogP contribution in [0.5, 0.6) is 0 Å². The third-order valence-electron chi connectivity index (χ3n) is 5.05. The maximum absolute atomic E-state index is 12.8. The first-order valence-corrected chi connectivity index (χ1v) is 9.44. The van der Waals surface area contributed by atoms with Gasteiger partial charge in [-0.15, -0.1) is 0 Å². The van der Waals surface area contributed by atoms with Crippen LogP contribution in [-0.2, 0) is 0 Å². The van der Waals surface area contributed by atoms with E-state index < -0.39 is 0 Å². The predicted octanol–water partition coefficient (Wildman–Crippen LogP) is 4.76. The van der Waals surface area contributed by atoms with Crippen molar-refractivity contribution in [2.75, 3.05) is 0 Å². The van der Waals surface area contributed by atoms with Gasteiger partial charge in [-0.25, -0.2) is 9.50 Å². The maximum atomic E-state index is 12.8. The van der Waals surface area contributed by atoms with Gasteiger partial charge in [0.25, 0.3) is 5.56 Å². The Bertz CT molecular complexity index is 1310. The van der Waals surface area contributed by atoms with Gasteiger partial charge in [0.1, 0.15) is 0 Å². The Hall–Kier alpha value is -3.36. The summed E-state index contributed by atoms with van der Waals surface area (Å²) in [4.78, 5) is 17.6. The second-order valence-corrected chi connectivity index (χ2v) is 7.45. The lowest BCUT2D eigenvalue weighted by molar-refractivity contribution is 0.855. The van der Waals surface area contributed by atoms with Crippen molar-refractivity contribution in [3.05, 3.63) is 81.2 Å². The van der Waals surface area contributed by atoms with Gasteiger partial charge in [0.15, 0.2) is 5.65 Å². The van der Waals surface area contributed by atoms with E-state index in [1.165, 1.54) is 10.6 Å². The topological polar surface area (TPSA) is 73.9 Å². The second-order valence-electron chi connectivity index (χ2n) is 7.01. The largest absolute Gasteiger partial charge is 0.293 e. The Balaban J connectivity index is 1.79. The lowest BCUT2D eigenvalue weighted by Gasteiger charge is -2.05. The van der Waals surface area contributed by atoms with E-state index in [2.05, 4.69) is 11.2 Å². The Kier molecular flexibility index (Phi) is 3.81. The summed E-state index contributed by atoms with van der Waals surface area (Å²) < 4.78 is 1.51. The fraction of sp³-hybridized carbons (Fsp3) is 0.136. The van der Waals surface area contributed by atoms with E-state index >= 15 is 0 Å². The minimum absolute atomic E-state index is 0.176. The van der Waals surface area contributed by atoms with E-state index in [4.69, 9.17) is 21.8 Å². The monoisotopic (exact) mass is 386 g/mol. The first kappa shape index (κ1) is 16.8. The molecule has 6 heteroatoms. The van der Waals surface area contributed by atoms with Gasteiger partial charge in [-0.2, -0.15) is 5.26 Å². The summed E-state index contributed by atoms with van der Waals surface area (Å²) >= 11 is 6.06. The van der Waals surface area contributed by atoms with Crippen molar-refractivity contribution in [3.63, 3.8) is 0 Å². The first-order chi connectivity index (χ1) is 13.6. The number of nitrogens with zero attached hydrogens (tertiary/aromatic N) is 3. The number of H-pyrrole nitrogens is 1. The van der Waals surface area contributed by atoms with Crippen molar-refractivity contribution in [1.29, 1.82) is 5.26 Å². The van der Waals surface area contributed by atoms with Crippen LogP contribution in [0.25, 0.3) is 28.0 Å². The molecule has 0 saturated heterocycles. The number of benzene rings is 2. The SMILES string of the molecule is N#Cc1cccc(-c2cc(=O)n3[nH]c(C4CC4)c(-c4ccc(Cl)cc4)c3n2)c1. The van der Waals surface area contributed by atoms with Gasteiger partial charge < -0.3 is 0 Å². The van der Waals surface area contributed by atoms with Crippen LogP contribution in [0.1, 0.15) is 30.0 Å². The van der Waals surface area contributed by atoms with E-state index in [9.17, 15) is 4.79 Å². The Labute approximate surface area is 165 Å². The molecule has 0 radical (unpaired) electrons. The van der Waals surface area contributed by atoms with E-state index in [0.29, 0.717) is 27.8 Å². The number of halogens is 1. The van der Waals surface area contributed by atoms with Crippen molar-refractivity contribution < 1.29 is 0 Å². The van der Waals surface area contributed by atoms with E-state index in [-0.39, 0.29) is 5.56 Å². The molecule has 0 aliphatic heterocycles. The molecule has 2 heterocycles. The van der Waals surface area contributed by atoms with Crippen molar-refractivity contribution >= 4 is 17.2 Å². The molecule has 136 valence electrons. The normalized spacial score (nSPS) is 13.6. The molecule has 28 heavy (non-hydrogen) atoms. The standard InChI is InChI=1S/C22H15ClN4O/c23-17-8-6-14(7-9-17)20-21(15-4-5-15)26-27-19(28)11-18(25-22(20)27)16-3-1-2-13(10-16)12-24/h1-3,6-11,15,26H,4-5H2. The van der Waals surface area contributed by atoms with Crippen LogP contribution in [0, 0.1) is 11.3 Å². The molecule has 0 unspecified atom stereocenters.